The zero-order valence-corrected chi connectivity index (χ0v) is 14.5. The van der Waals surface area contributed by atoms with Crippen molar-refractivity contribution < 1.29 is 0 Å². The van der Waals surface area contributed by atoms with E-state index in [0.717, 1.165) is 29.0 Å². The maximum absolute atomic E-state index is 9.26. The van der Waals surface area contributed by atoms with Crippen LogP contribution in [-0.2, 0) is 6.54 Å². The number of hydrogen-bond acceptors (Lipinski definition) is 3. The Labute approximate surface area is 148 Å². The van der Waals surface area contributed by atoms with Crippen LogP contribution in [0.3, 0.4) is 0 Å². The minimum absolute atomic E-state index is 0.694. The molecule has 0 saturated heterocycles. The van der Waals surface area contributed by atoms with Crippen LogP contribution in [0.15, 0.2) is 66.7 Å². The standard InChI is InChI=1S/C22H21N3/c1-16-6-5-9-21(24)22(16)25(2)15-17-10-12-18(13-11-17)20-8-4-3-7-19(20)14-23/h3-13H,15,24H2,1-2H3. The van der Waals surface area contributed by atoms with Gasteiger partial charge in [0.2, 0.25) is 0 Å². The molecule has 0 aromatic heterocycles. The number of anilines is 2. The van der Waals surface area contributed by atoms with Crippen LogP contribution >= 0.6 is 0 Å². The summed E-state index contributed by atoms with van der Waals surface area (Å²) in [7, 11) is 2.05. The van der Waals surface area contributed by atoms with E-state index in [9.17, 15) is 5.26 Å². The van der Waals surface area contributed by atoms with Gasteiger partial charge in [0, 0.05) is 13.6 Å². The summed E-state index contributed by atoms with van der Waals surface area (Å²) >= 11 is 0. The maximum atomic E-state index is 9.26. The molecular weight excluding hydrogens is 306 g/mol. The summed E-state index contributed by atoms with van der Waals surface area (Å²) in [5, 5.41) is 9.26. The van der Waals surface area contributed by atoms with E-state index in [0.29, 0.717) is 5.56 Å². The van der Waals surface area contributed by atoms with Gasteiger partial charge in [0.05, 0.1) is 23.0 Å². The van der Waals surface area contributed by atoms with Crippen molar-refractivity contribution in [2.24, 2.45) is 0 Å². The fourth-order valence-corrected chi connectivity index (χ4v) is 3.18. The summed E-state index contributed by atoms with van der Waals surface area (Å²) in [6.45, 7) is 2.85. The second kappa shape index (κ2) is 7.11. The molecule has 25 heavy (non-hydrogen) atoms. The third kappa shape index (κ3) is 3.49. The second-order valence-electron chi connectivity index (χ2n) is 6.22. The van der Waals surface area contributed by atoms with Gasteiger partial charge in [-0.05, 0) is 41.3 Å². The highest BCUT2D eigenvalue weighted by atomic mass is 15.1. The Bertz CT molecular complexity index is 900. The molecule has 3 rings (SSSR count). The molecule has 0 spiro atoms. The number of aryl methyl sites for hydroxylation is 1. The quantitative estimate of drug-likeness (QED) is 0.703. The number of nitrogens with zero attached hydrogens (tertiary/aromatic N) is 2. The predicted molar refractivity (Wildman–Crippen MR) is 104 cm³/mol. The van der Waals surface area contributed by atoms with Crippen molar-refractivity contribution in [3.8, 4) is 17.2 Å². The van der Waals surface area contributed by atoms with Crippen molar-refractivity contribution in [2.45, 2.75) is 13.5 Å². The van der Waals surface area contributed by atoms with Gasteiger partial charge in [0.25, 0.3) is 0 Å². The van der Waals surface area contributed by atoms with Crippen LogP contribution in [0.4, 0.5) is 11.4 Å². The molecule has 0 radical (unpaired) electrons. The number of hydrogen-bond donors (Lipinski definition) is 1. The normalized spacial score (nSPS) is 10.3. The highest BCUT2D eigenvalue weighted by molar-refractivity contribution is 5.72. The van der Waals surface area contributed by atoms with Gasteiger partial charge in [-0.3, -0.25) is 0 Å². The first-order valence-corrected chi connectivity index (χ1v) is 8.25. The largest absolute Gasteiger partial charge is 0.397 e. The van der Waals surface area contributed by atoms with Gasteiger partial charge in [-0.1, -0.05) is 54.6 Å². The fourth-order valence-electron chi connectivity index (χ4n) is 3.18. The molecule has 0 saturated carbocycles. The first-order valence-electron chi connectivity index (χ1n) is 8.25. The van der Waals surface area contributed by atoms with E-state index in [1.54, 1.807) is 0 Å². The van der Waals surface area contributed by atoms with Gasteiger partial charge in [-0.2, -0.15) is 5.26 Å². The van der Waals surface area contributed by atoms with Gasteiger partial charge in [0.15, 0.2) is 0 Å². The first kappa shape index (κ1) is 16.6. The van der Waals surface area contributed by atoms with Gasteiger partial charge in [0.1, 0.15) is 0 Å². The topological polar surface area (TPSA) is 53.0 Å². The summed E-state index contributed by atoms with van der Waals surface area (Å²) in [6.07, 6.45) is 0. The van der Waals surface area contributed by atoms with Crippen LogP contribution in [0.2, 0.25) is 0 Å². The van der Waals surface area contributed by atoms with E-state index in [-0.39, 0.29) is 0 Å². The van der Waals surface area contributed by atoms with Gasteiger partial charge < -0.3 is 10.6 Å². The lowest BCUT2D eigenvalue weighted by molar-refractivity contribution is 0.919. The number of nitriles is 1. The molecule has 0 heterocycles. The average Bonchev–Trinajstić information content (AvgIpc) is 2.62. The number of para-hydroxylation sites is 1. The van der Waals surface area contributed by atoms with Gasteiger partial charge in [-0.25, -0.2) is 0 Å². The highest BCUT2D eigenvalue weighted by Gasteiger charge is 2.09. The van der Waals surface area contributed by atoms with Crippen LogP contribution in [0, 0.1) is 18.3 Å². The molecule has 3 heteroatoms. The molecule has 3 nitrogen and oxygen atoms in total. The van der Waals surface area contributed by atoms with Crippen LogP contribution in [-0.4, -0.2) is 7.05 Å². The Kier molecular flexibility index (Phi) is 4.72. The summed E-state index contributed by atoms with van der Waals surface area (Å²) in [5.41, 5.74) is 13.1. The Hall–Kier alpha value is -3.25. The monoisotopic (exact) mass is 327 g/mol. The lowest BCUT2D eigenvalue weighted by Gasteiger charge is -2.23. The zero-order valence-electron chi connectivity index (χ0n) is 14.5. The number of benzene rings is 3. The second-order valence-corrected chi connectivity index (χ2v) is 6.22. The number of nitrogens with two attached hydrogens (primary N) is 1. The van der Waals surface area contributed by atoms with Crippen molar-refractivity contribution in [3.05, 3.63) is 83.4 Å². The van der Waals surface area contributed by atoms with Crippen molar-refractivity contribution in [3.63, 3.8) is 0 Å². The predicted octanol–water partition coefficient (Wildman–Crippen LogP) is 4.75. The van der Waals surface area contributed by atoms with Crippen LogP contribution in [0.1, 0.15) is 16.7 Å². The van der Waals surface area contributed by atoms with E-state index < -0.39 is 0 Å². The maximum Gasteiger partial charge on any atom is 0.0998 e. The molecule has 2 N–H and O–H groups in total. The lowest BCUT2D eigenvalue weighted by Crippen LogP contribution is -2.18. The molecule has 0 fully saturated rings. The number of rotatable bonds is 4. The lowest BCUT2D eigenvalue weighted by atomic mass is 9.99. The third-order valence-electron chi connectivity index (χ3n) is 4.38. The highest BCUT2D eigenvalue weighted by Crippen LogP contribution is 2.28. The van der Waals surface area contributed by atoms with Gasteiger partial charge in [-0.15, -0.1) is 0 Å². The van der Waals surface area contributed by atoms with Crippen molar-refractivity contribution >= 4 is 11.4 Å². The van der Waals surface area contributed by atoms with E-state index >= 15 is 0 Å². The van der Waals surface area contributed by atoms with Crippen LogP contribution < -0.4 is 10.6 Å². The average molecular weight is 327 g/mol. The molecule has 124 valence electrons. The Morgan fingerprint density at radius 2 is 1.68 bits per heavy atom. The van der Waals surface area contributed by atoms with E-state index in [1.165, 1.54) is 11.1 Å². The molecule has 0 atom stereocenters. The summed E-state index contributed by atoms with van der Waals surface area (Å²) in [5.74, 6) is 0. The van der Waals surface area contributed by atoms with E-state index in [2.05, 4.69) is 55.3 Å². The summed E-state index contributed by atoms with van der Waals surface area (Å²) < 4.78 is 0. The Balaban J connectivity index is 1.83. The van der Waals surface area contributed by atoms with E-state index in [1.807, 2.05) is 36.4 Å². The van der Waals surface area contributed by atoms with Crippen molar-refractivity contribution in [2.75, 3.05) is 17.7 Å². The molecule has 3 aromatic rings. The molecule has 0 aliphatic rings. The summed E-state index contributed by atoms with van der Waals surface area (Å²) in [4.78, 5) is 2.17. The molecule has 0 unspecified atom stereocenters. The number of nitrogen functional groups attached to an aromatic ring is 1. The zero-order chi connectivity index (χ0) is 17.8. The van der Waals surface area contributed by atoms with Crippen LogP contribution in [0.5, 0.6) is 0 Å². The first-order chi connectivity index (χ1) is 12.1. The smallest absolute Gasteiger partial charge is 0.0998 e. The molecular formula is C22H21N3. The Morgan fingerprint density at radius 1 is 0.960 bits per heavy atom. The Morgan fingerprint density at radius 3 is 2.36 bits per heavy atom. The SMILES string of the molecule is Cc1cccc(N)c1N(C)Cc1ccc(-c2ccccc2C#N)cc1. The minimum Gasteiger partial charge on any atom is -0.397 e. The third-order valence-corrected chi connectivity index (χ3v) is 4.38. The molecule has 3 aromatic carbocycles. The molecule has 0 aliphatic heterocycles. The van der Waals surface area contributed by atoms with Crippen LogP contribution in [0.25, 0.3) is 11.1 Å². The van der Waals surface area contributed by atoms with Crippen molar-refractivity contribution in [1.82, 2.24) is 0 Å². The fraction of sp³-hybridized carbons (Fsp3) is 0.136. The molecule has 0 bridgehead atoms. The molecule has 0 aliphatic carbocycles. The molecule has 0 amide bonds. The summed E-state index contributed by atoms with van der Waals surface area (Å²) in [6, 6.07) is 24.3. The van der Waals surface area contributed by atoms with Gasteiger partial charge >= 0.3 is 0 Å². The van der Waals surface area contributed by atoms with Crippen molar-refractivity contribution in [1.29, 1.82) is 5.26 Å². The van der Waals surface area contributed by atoms with E-state index in [4.69, 9.17) is 5.73 Å². The minimum atomic E-state index is 0.694.